The van der Waals surface area contributed by atoms with E-state index in [1.807, 2.05) is 13.0 Å². The van der Waals surface area contributed by atoms with E-state index in [9.17, 15) is 0 Å². The minimum absolute atomic E-state index is 0.190. The largest absolute Gasteiger partial charge is 0.374 e. The molecule has 2 nitrogen and oxygen atoms in total. The minimum atomic E-state index is -0.223. The summed E-state index contributed by atoms with van der Waals surface area (Å²) >= 11 is 7.59. The Balaban J connectivity index is 2.89. The van der Waals surface area contributed by atoms with E-state index in [4.69, 9.17) is 16.3 Å². The van der Waals surface area contributed by atoms with E-state index in [1.54, 1.807) is 11.3 Å². The number of hydrogen-bond donors (Lipinski definition) is 1. The fourth-order valence-electron chi connectivity index (χ4n) is 1.83. The van der Waals surface area contributed by atoms with Crippen LogP contribution in [-0.4, -0.2) is 18.8 Å². The van der Waals surface area contributed by atoms with E-state index in [0.29, 0.717) is 6.61 Å². The van der Waals surface area contributed by atoms with Gasteiger partial charge in [0, 0.05) is 11.5 Å². The maximum absolute atomic E-state index is 5.98. The van der Waals surface area contributed by atoms with Crippen molar-refractivity contribution in [2.75, 3.05) is 13.2 Å². The standard InChI is InChI=1S/C12H20ClNOS/c1-5-14-11(12(3,4)15-6-2)9-7-8-10(13)16-9/h7-8,11,14H,5-6H2,1-4H3. The molecule has 0 radical (unpaired) electrons. The van der Waals surface area contributed by atoms with Gasteiger partial charge in [0.1, 0.15) is 0 Å². The molecule has 1 rings (SSSR count). The van der Waals surface area contributed by atoms with Crippen molar-refractivity contribution in [3.8, 4) is 0 Å². The van der Waals surface area contributed by atoms with E-state index in [1.165, 1.54) is 4.88 Å². The predicted octanol–water partition coefficient (Wildman–Crippen LogP) is 3.87. The number of likely N-dealkylation sites (N-methyl/N-ethyl adjacent to an activating group) is 1. The van der Waals surface area contributed by atoms with Gasteiger partial charge in [0.05, 0.1) is 16.0 Å². The zero-order chi connectivity index (χ0) is 12.2. The Hall–Kier alpha value is -0.0900. The first-order valence-electron chi connectivity index (χ1n) is 5.63. The van der Waals surface area contributed by atoms with Gasteiger partial charge < -0.3 is 10.1 Å². The molecule has 1 aromatic heterocycles. The first-order valence-corrected chi connectivity index (χ1v) is 6.83. The second-order valence-electron chi connectivity index (χ2n) is 4.17. The van der Waals surface area contributed by atoms with Crippen LogP contribution in [0.1, 0.15) is 38.6 Å². The van der Waals surface area contributed by atoms with Crippen molar-refractivity contribution in [1.82, 2.24) is 5.32 Å². The van der Waals surface area contributed by atoms with Gasteiger partial charge in [-0.05, 0) is 39.4 Å². The average molecular weight is 262 g/mol. The van der Waals surface area contributed by atoms with Crippen LogP contribution in [-0.2, 0) is 4.74 Å². The summed E-state index contributed by atoms with van der Waals surface area (Å²) in [7, 11) is 0. The molecular formula is C12H20ClNOS. The van der Waals surface area contributed by atoms with Crippen LogP contribution in [0.15, 0.2) is 12.1 Å². The highest BCUT2D eigenvalue weighted by atomic mass is 35.5. The summed E-state index contributed by atoms with van der Waals surface area (Å²) in [6.45, 7) is 9.97. The van der Waals surface area contributed by atoms with Gasteiger partial charge in [-0.25, -0.2) is 0 Å². The van der Waals surface area contributed by atoms with Crippen LogP contribution in [0.25, 0.3) is 0 Å². The van der Waals surface area contributed by atoms with Crippen molar-refractivity contribution in [2.45, 2.75) is 39.3 Å². The average Bonchev–Trinajstić information content (AvgIpc) is 2.60. The molecule has 0 aliphatic rings. The monoisotopic (exact) mass is 261 g/mol. The Morgan fingerprint density at radius 1 is 1.44 bits per heavy atom. The molecule has 92 valence electrons. The van der Waals surface area contributed by atoms with E-state index in [0.717, 1.165) is 10.9 Å². The number of halogens is 1. The summed E-state index contributed by atoms with van der Waals surface area (Å²) in [5.41, 5.74) is -0.223. The van der Waals surface area contributed by atoms with Crippen LogP contribution in [0.2, 0.25) is 4.34 Å². The summed E-state index contributed by atoms with van der Waals surface area (Å²) < 4.78 is 6.63. The van der Waals surface area contributed by atoms with E-state index in [2.05, 4.69) is 32.2 Å². The molecule has 1 heterocycles. The van der Waals surface area contributed by atoms with Crippen LogP contribution in [0.3, 0.4) is 0 Å². The lowest BCUT2D eigenvalue weighted by molar-refractivity contribution is -0.0380. The Morgan fingerprint density at radius 3 is 2.56 bits per heavy atom. The van der Waals surface area contributed by atoms with Gasteiger partial charge in [-0.15, -0.1) is 11.3 Å². The third kappa shape index (κ3) is 3.45. The molecule has 1 atom stereocenters. The smallest absolute Gasteiger partial charge is 0.0931 e. The van der Waals surface area contributed by atoms with Crippen LogP contribution >= 0.6 is 22.9 Å². The molecule has 16 heavy (non-hydrogen) atoms. The quantitative estimate of drug-likeness (QED) is 0.840. The van der Waals surface area contributed by atoms with Gasteiger partial charge in [0.15, 0.2) is 0 Å². The number of thiophene rings is 1. The van der Waals surface area contributed by atoms with Crippen LogP contribution < -0.4 is 5.32 Å². The molecule has 0 aromatic carbocycles. The molecule has 1 aromatic rings. The lowest BCUT2D eigenvalue weighted by Gasteiger charge is -2.34. The Labute approximate surface area is 107 Å². The van der Waals surface area contributed by atoms with Crippen molar-refractivity contribution in [3.05, 3.63) is 21.3 Å². The third-order valence-corrected chi connectivity index (χ3v) is 3.79. The fourth-order valence-corrected chi connectivity index (χ4v) is 3.14. The highest BCUT2D eigenvalue weighted by molar-refractivity contribution is 7.16. The SMILES string of the molecule is CCNC(c1ccc(Cl)s1)C(C)(C)OCC. The van der Waals surface area contributed by atoms with E-state index < -0.39 is 0 Å². The first kappa shape index (κ1) is 14.0. The third-order valence-electron chi connectivity index (χ3n) is 2.50. The lowest BCUT2D eigenvalue weighted by atomic mass is 9.97. The molecular weight excluding hydrogens is 242 g/mol. The number of ether oxygens (including phenoxy) is 1. The summed E-state index contributed by atoms with van der Waals surface area (Å²) in [5, 5.41) is 3.46. The molecule has 0 bridgehead atoms. The van der Waals surface area contributed by atoms with Gasteiger partial charge in [-0.2, -0.15) is 0 Å². The first-order chi connectivity index (χ1) is 7.51. The van der Waals surface area contributed by atoms with Crippen molar-refractivity contribution in [3.63, 3.8) is 0 Å². The molecule has 0 fully saturated rings. The van der Waals surface area contributed by atoms with Crippen LogP contribution in [0.4, 0.5) is 0 Å². The number of hydrogen-bond acceptors (Lipinski definition) is 3. The second kappa shape index (κ2) is 6.01. The van der Waals surface area contributed by atoms with Crippen molar-refractivity contribution in [1.29, 1.82) is 0 Å². The molecule has 0 saturated carbocycles. The summed E-state index contributed by atoms with van der Waals surface area (Å²) in [5.74, 6) is 0. The molecule has 0 spiro atoms. The number of rotatable bonds is 6. The van der Waals surface area contributed by atoms with Gasteiger partial charge in [-0.3, -0.25) is 0 Å². The maximum atomic E-state index is 5.98. The Kier molecular flexibility index (Phi) is 5.25. The van der Waals surface area contributed by atoms with Gasteiger partial charge in [0.25, 0.3) is 0 Å². The topological polar surface area (TPSA) is 21.3 Å². The summed E-state index contributed by atoms with van der Waals surface area (Å²) in [6, 6.07) is 4.20. The predicted molar refractivity (Wildman–Crippen MR) is 71.5 cm³/mol. The van der Waals surface area contributed by atoms with E-state index in [-0.39, 0.29) is 11.6 Å². The van der Waals surface area contributed by atoms with Gasteiger partial charge in [0.2, 0.25) is 0 Å². The molecule has 1 unspecified atom stereocenters. The Morgan fingerprint density at radius 2 is 2.12 bits per heavy atom. The Bertz CT molecular complexity index is 325. The molecule has 0 aliphatic carbocycles. The molecule has 1 N–H and O–H groups in total. The molecule has 0 amide bonds. The summed E-state index contributed by atoms with van der Waals surface area (Å²) in [6.07, 6.45) is 0. The summed E-state index contributed by atoms with van der Waals surface area (Å²) in [4.78, 5) is 1.23. The molecule has 0 saturated heterocycles. The fraction of sp³-hybridized carbons (Fsp3) is 0.667. The zero-order valence-electron chi connectivity index (χ0n) is 10.3. The van der Waals surface area contributed by atoms with Crippen molar-refractivity contribution < 1.29 is 4.74 Å². The molecule has 4 heteroatoms. The normalized spacial score (nSPS) is 14.1. The van der Waals surface area contributed by atoms with Crippen LogP contribution in [0, 0.1) is 0 Å². The minimum Gasteiger partial charge on any atom is -0.374 e. The van der Waals surface area contributed by atoms with Crippen LogP contribution in [0.5, 0.6) is 0 Å². The van der Waals surface area contributed by atoms with Gasteiger partial charge in [-0.1, -0.05) is 18.5 Å². The highest BCUT2D eigenvalue weighted by Crippen LogP contribution is 2.34. The van der Waals surface area contributed by atoms with Crippen molar-refractivity contribution >= 4 is 22.9 Å². The lowest BCUT2D eigenvalue weighted by Crippen LogP contribution is -2.41. The highest BCUT2D eigenvalue weighted by Gasteiger charge is 2.31. The van der Waals surface area contributed by atoms with E-state index >= 15 is 0 Å². The zero-order valence-corrected chi connectivity index (χ0v) is 11.9. The number of nitrogens with one attached hydrogen (secondary N) is 1. The molecule has 0 aliphatic heterocycles. The second-order valence-corrected chi connectivity index (χ2v) is 5.92. The van der Waals surface area contributed by atoms with Crippen molar-refractivity contribution in [2.24, 2.45) is 0 Å². The maximum Gasteiger partial charge on any atom is 0.0931 e. The van der Waals surface area contributed by atoms with Gasteiger partial charge >= 0.3 is 0 Å².